The van der Waals surface area contributed by atoms with E-state index in [1.807, 2.05) is 47.9 Å². The third-order valence-corrected chi connectivity index (χ3v) is 4.82. The van der Waals surface area contributed by atoms with Gasteiger partial charge in [0.15, 0.2) is 5.78 Å². The van der Waals surface area contributed by atoms with Crippen LogP contribution in [0.15, 0.2) is 42.5 Å². The average molecular weight is 354 g/mol. The molecular formula is C21H23FN2O2. The third kappa shape index (κ3) is 3.99. The van der Waals surface area contributed by atoms with Crippen LogP contribution in [-0.4, -0.2) is 54.2 Å². The molecular weight excluding hydrogens is 331 g/mol. The Morgan fingerprint density at radius 3 is 2.35 bits per heavy atom. The zero-order valence-electron chi connectivity index (χ0n) is 15.2. The fourth-order valence-corrected chi connectivity index (χ4v) is 3.23. The van der Waals surface area contributed by atoms with Crippen LogP contribution in [0.5, 0.6) is 0 Å². The van der Waals surface area contributed by atoms with Gasteiger partial charge in [-0.3, -0.25) is 14.5 Å². The van der Waals surface area contributed by atoms with Gasteiger partial charge in [0.2, 0.25) is 0 Å². The molecule has 26 heavy (non-hydrogen) atoms. The van der Waals surface area contributed by atoms with E-state index in [0.29, 0.717) is 26.2 Å². The maximum Gasteiger partial charge on any atom is 0.254 e. The number of halogens is 1. The lowest BCUT2D eigenvalue weighted by molar-refractivity contribution is 0.0623. The molecule has 2 aromatic carbocycles. The molecule has 0 aromatic heterocycles. The van der Waals surface area contributed by atoms with Crippen LogP contribution in [0.25, 0.3) is 0 Å². The molecule has 0 radical (unpaired) electrons. The van der Waals surface area contributed by atoms with Gasteiger partial charge in [-0.1, -0.05) is 29.8 Å². The molecule has 1 aliphatic heterocycles. The number of piperazine rings is 1. The third-order valence-electron chi connectivity index (χ3n) is 4.82. The number of nitrogens with zero attached hydrogens (tertiary/aromatic N) is 2. The van der Waals surface area contributed by atoms with Crippen molar-refractivity contribution in [2.24, 2.45) is 0 Å². The first-order valence-corrected chi connectivity index (χ1v) is 8.82. The fourth-order valence-electron chi connectivity index (χ4n) is 3.23. The smallest absolute Gasteiger partial charge is 0.254 e. The van der Waals surface area contributed by atoms with Crippen LogP contribution in [0.3, 0.4) is 0 Å². The summed E-state index contributed by atoms with van der Waals surface area (Å²) in [5, 5.41) is 0. The van der Waals surface area contributed by atoms with Crippen LogP contribution in [0.2, 0.25) is 0 Å². The monoisotopic (exact) mass is 354 g/mol. The highest BCUT2D eigenvalue weighted by Crippen LogP contribution is 2.15. The topological polar surface area (TPSA) is 40.6 Å². The molecule has 0 unspecified atom stereocenters. The van der Waals surface area contributed by atoms with Gasteiger partial charge >= 0.3 is 0 Å². The van der Waals surface area contributed by atoms with Crippen molar-refractivity contribution in [3.05, 3.63) is 70.5 Å². The lowest BCUT2D eigenvalue weighted by atomic mass is 10.1. The standard InChI is InChI=1S/C21H23FN2O2/c1-15-7-8-19(22)18(13-15)20(25)14-23-9-11-24(12-10-23)21(26)17-6-4-3-5-16(17)2/h3-8,13H,9-12,14H2,1-2H3. The predicted molar refractivity (Wildman–Crippen MR) is 99.0 cm³/mol. The SMILES string of the molecule is Cc1ccc(F)c(C(=O)CN2CCN(C(=O)c3ccccc3C)CC2)c1. The second kappa shape index (κ2) is 7.79. The van der Waals surface area contributed by atoms with E-state index in [1.165, 1.54) is 6.07 Å². The van der Waals surface area contributed by atoms with Crippen molar-refractivity contribution in [2.75, 3.05) is 32.7 Å². The Kier molecular flexibility index (Phi) is 5.47. The number of Topliss-reactive ketones (excluding diaryl/α,β-unsaturated/α-hetero) is 1. The van der Waals surface area contributed by atoms with E-state index < -0.39 is 5.82 Å². The number of rotatable bonds is 4. The second-order valence-corrected chi connectivity index (χ2v) is 6.79. The van der Waals surface area contributed by atoms with Gasteiger partial charge in [0.1, 0.15) is 5.82 Å². The lowest BCUT2D eigenvalue weighted by Crippen LogP contribution is -2.50. The van der Waals surface area contributed by atoms with Crippen molar-refractivity contribution in [1.29, 1.82) is 0 Å². The fraction of sp³-hybridized carbons (Fsp3) is 0.333. The summed E-state index contributed by atoms with van der Waals surface area (Å²) in [5.41, 5.74) is 2.69. The second-order valence-electron chi connectivity index (χ2n) is 6.79. The number of ketones is 1. The lowest BCUT2D eigenvalue weighted by Gasteiger charge is -2.34. The molecule has 4 nitrogen and oxygen atoms in total. The van der Waals surface area contributed by atoms with E-state index in [9.17, 15) is 14.0 Å². The molecule has 0 saturated carbocycles. The van der Waals surface area contributed by atoms with E-state index in [-0.39, 0.29) is 23.8 Å². The summed E-state index contributed by atoms with van der Waals surface area (Å²) in [6.45, 7) is 6.29. The number of benzene rings is 2. The number of hydrogen-bond acceptors (Lipinski definition) is 3. The minimum Gasteiger partial charge on any atom is -0.336 e. The Labute approximate surface area is 153 Å². The quantitative estimate of drug-likeness (QED) is 0.793. The van der Waals surface area contributed by atoms with Gasteiger partial charge in [0.25, 0.3) is 5.91 Å². The van der Waals surface area contributed by atoms with Crippen molar-refractivity contribution in [3.8, 4) is 0 Å². The molecule has 136 valence electrons. The van der Waals surface area contributed by atoms with Crippen molar-refractivity contribution >= 4 is 11.7 Å². The number of carbonyl (C=O) groups excluding carboxylic acids is 2. The molecule has 0 N–H and O–H groups in total. The molecule has 5 heteroatoms. The summed E-state index contributed by atoms with van der Waals surface area (Å²) in [6.07, 6.45) is 0. The Bertz CT molecular complexity index is 827. The molecule has 1 fully saturated rings. The van der Waals surface area contributed by atoms with E-state index in [1.54, 1.807) is 12.1 Å². The van der Waals surface area contributed by atoms with Crippen molar-refractivity contribution in [1.82, 2.24) is 9.80 Å². The van der Waals surface area contributed by atoms with Crippen LogP contribution >= 0.6 is 0 Å². The summed E-state index contributed by atoms with van der Waals surface area (Å²) in [7, 11) is 0. The van der Waals surface area contributed by atoms with E-state index >= 15 is 0 Å². The minimum atomic E-state index is -0.478. The molecule has 2 aromatic rings. The molecule has 3 rings (SSSR count). The Morgan fingerprint density at radius 1 is 0.962 bits per heavy atom. The van der Waals surface area contributed by atoms with Crippen LogP contribution in [0.1, 0.15) is 31.8 Å². The molecule has 1 aliphatic rings. The Balaban J connectivity index is 1.59. The van der Waals surface area contributed by atoms with Gasteiger partial charge < -0.3 is 4.90 Å². The largest absolute Gasteiger partial charge is 0.336 e. The van der Waals surface area contributed by atoms with Gasteiger partial charge in [0.05, 0.1) is 12.1 Å². The summed E-state index contributed by atoms with van der Waals surface area (Å²) in [5.74, 6) is -0.669. The molecule has 0 aliphatic carbocycles. The van der Waals surface area contributed by atoms with Crippen LogP contribution in [0, 0.1) is 19.7 Å². The van der Waals surface area contributed by atoms with Gasteiger partial charge in [-0.15, -0.1) is 0 Å². The first-order valence-electron chi connectivity index (χ1n) is 8.82. The van der Waals surface area contributed by atoms with Crippen molar-refractivity contribution in [3.63, 3.8) is 0 Å². The number of carbonyl (C=O) groups is 2. The first kappa shape index (κ1) is 18.3. The highest BCUT2D eigenvalue weighted by Gasteiger charge is 2.25. The Morgan fingerprint density at radius 2 is 1.65 bits per heavy atom. The maximum atomic E-state index is 13.9. The van der Waals surface area contributed by atoms with E-state index in [4.69, 9.17) is 0 Å². The van der Waals surface area contributed by atoms with E-state index in [2.05, 4.69) is 0 Å². The molecule has 1 amide bonds. The summed E-state index contributed by atoms with van der Waals surface area (Å²) < 4.78 is 13.9. The number of hydrogen-bond donors (Lipinski definition) is 0. The zero-order valence-corrected chi connectivity index (χ0v) is 15.2. The highest BCUT2D eigenvalue weighted by atomic mass is 19.1. The Hall–Kier alpha value is -2.53. The number of amides is 1. The van der Waals surface area contributed by atoms with Gasteiger partial charge in [-0.25, -0.2) is 4.39 Å². The average Bonchev–Trinajstić information content (AvgIpc) is 2.64. The predicted octanol–water partition coefficient (Wildman–Crippen LogP) is 3.08. The normalized spacial score (nSPS) is 15.1. The first-order chi connectivity index (χ1) is 12.5. The van der Waals surface area contributed by atoms with Crippen molar-refractivity contribution in [2.45, 2.75) is 13.8 Å². The molecule has 1 saturated heterocycles. The van der Waals surface area contributed by atoms with Crippen LogP contribution < -0.4 is 0 Å². The highest BCUT2D eigenvalue weighted by molar-refractivity contribution is 5.98. The summed E-state index contributed by atoms with van der Waals surface area (Å²) >= 11 is 0. The van der Waals surface area contributed by atoms with Gasteiger partial charge in [0, 0.05) is 31.7 Å². The maximum absolute atomic E-state index is 13.9. The molecule has 0 spiro atoms. The minimum absolute atomic E-state index is 0.0267. The summed E-state index contributed by atoms with van der Waals surface area (Å²) in [4.78, 5) is 28.8. The number of aryl methyl sites for hydroxylation is 2. The molecule has 0 atom stereocenters. The van der Waals surface area contributed by atoms with E-state index in [0.717, 1.165) is 16.7 Å². The molecule has 0 bridgehead atoms. The summed E-state index contributed by atoms with van der Waals surface area (Å²) in [6, 6.07) is 12.1. The van der Waals surface area contributed by atoms with Crippen LogP contribution in [-0.2, 0) is 0 Å². The zero-order chi connectivity index (χ0) is 18.7. The van der Waals surface area contributed by atoms with Gasteiger partial charge in [-0.05, 0) is 37.6 Å². The van der Waals surface area contributed by atoms with Gasteiger partial charge in [-0.2, -0.15) is 0 Å². The molecule has 1 heterocycles. The van der Waals surface area contributed by atoms with Crippen LogP contribution in [0.4, 0.5) is 4.39 Å². The van der Waals surface area contributed by atoms with Crippen molar-refractivity contribution < 1.29 is 14.0 Å².